The Labute approximate surface area is 121 Å². The second-order valence-electron chi connectivity index (χ2n) is 4.38. The van der Waals surface area contributed by atoms with Gasteiger partial charge in [0.05, 0.1) is 27.7 Å². The van der Waals surface area contributed by atoms with Gasteiger partial charge in [0.15, 0.2) is 0 Å². The summed E-state index contributed by atoms with van der Waals surface area (Å²) in [5.41, 5.74) is 7.86. The Morgan fingerprint density at radius 1 is 1.55 bits per heavy atom. The van der Waals surface area contributed by atoms with E-state index in [0.717, 1.165) is 21.8 Å². The molecule has 0 bridgehead atoms. The molecular weight excluding hydrogens is 272 g/mol. The third-order valence-corrected chi connectivity index (χ3v) is 3.86. The lowest BCUT2D eigenvalue weighted by molar-refractivity contribution is 0.103. The van der Waals surface area contributed by atoms with E-state index in [1.54, 1.807) is 10.9 Å². The highest BCUT2D eigenvalue weighted by molar-refractivity contribution is 7.14. The predicted octanol–water partition coefficient (Wildman–Crippen LogP) is 1.66. The molecule has 0 aliphatic rings. The van der Waals surface area contributed by atoms with E-state index >= 15 is 0 Å². The minimum absolute atomic E-state index is 0.144. The zero-order chi connectivity index (χ0) is 14.7. The van der Waals surface area contributed by atoms with Crippen LogP contribution in [0.4, 0.5) is 5.69 Å². The number of thiophene rings is 1. The lowest BCUT2D eigenvalue weighted by Crippen LogP contribution is -2.10. The maximum Gasteiger partial charge on any atom is 0.265 e. The number of aryl methyl sites for hydroxylation is 3. The average Bonchev–Trinajstić information content (AvgIpc) is 2.90. The summed E-state index contributed by atoms with van der Waals surface area (Å²) in [6.45, 7) is 4.10. The first-order valence-electron chi connectivity index (χ1n) is 6.12. The van der Waals surface area contributed by atoms with Crippen LogP contribution in [0.3, 0.4) is 0 Å². The summed E-state index contributed by atoms with van der Waals surface area (Å²) in [4.78, 5) is 13.7. The summed E-state index contributed by atoms with van der Waals surface area (Å²) in [5, 5.41) is 7.05. The van der Waals surface area contributed by atoms with Crippen LogP contribution in [-0.2, 0) is 7.05 Å². The van der Waals surface area contributed by atoms with Gasteiger partial charge < -0.3 is 11.1 Å². The van der Waals surface area contributed by atoms with Crippen molar-refractivity contribution < 1.29 is 4.79 Å². The minimum atomic E-state index is -0.144. The lowest BCUT2D eigenvalue weighted by Gasteiger charge is -2.00. The van der Waals surface area contributed by atoms with Gasteiger partial charge in [-0.25, -0.2) is 0 Å². The molecule has 0 aromatic carbocycles. The Kier molecular flexibility index (Phi) is 4.23. The molecule has 0 saturated heterocycles. The second-order valence-corrected chi connectivity index (χ2v) is 5.44. The van der Waals surface area contributed by atoms with Crippen LogP contribution >= 0.6 is 11.3 Å². The molecule has 0 unspecified atom stereocenters. The van der Waals surface area contributed by atoms with Crippen LogP contribution in [-0.4, -0.2) is 22.2 Å². The molecule has 0 aliphatic heterocycles. The van der Waals surface area contributed by atoms with Crippen molar-refractivity contribution in [1.29, 1.82) is 0 Å². The molecule has 0 radical (unpaired) electrons. The molecule has 0 saturated carbocycles. The molecule has 2 heterocycles. The van der Waals surface area contributed by atoms with Gasteiger partial charge in [0, 0.05) is 13.2 Å². The summed E-state index contributed by atoms with van der Waals surface area (Å²) >= 11 is 1.37. The number of carbonyl (C=O) groups is 1. The smallest absolute Gasteiger partial charge is 0.265 e. The number of hydrogen-bond acceptors (Lipinski definition) is 4. The molecule has 2 aromatic heterocycles. The predicted molar refractivity (Wildman–Crippen MR) is 80.9 cm³/mol. The van der Waals surface area contributed by atoms with Crippen molar-refractivity contribution in [2.75, 3.05) is 11.9 Å². The van der Waals surface area contributed by atoms with Gasteiger partial charge in [0.25, 0.3) is 5.91 Å². The van der Waals surface area contributed by atoms with E-state index in [-0.39, 0.29) is 5.91 Å². The fourth-order valence-electron chi connectivity index (χ4n) is 1.76. The number of nitrogens with one attached hydrogen (secondary N) is 1. The van der Waals surface area contributed by atoms with E-state index in [1.807, 2.05) is 27.0 Å². The topological polar surface area (TPSA) is 72.9 Å². The largest absolute Gasteiger partial charge is 0.320 e. The monoisotopic (exact) mass is 288 g/mol. The Hall–Kier alpha value is -2.10. The molecule has 20 heavy (non-hydrogen) atoms. The van der Waals surface area contributed by atoms with Crippen molar-refractivity contribution in [2.45, 2.75) is 13.8 Å². The SMILES string of the molecule is Cc1cc(C(=O)Nc2cn(C)nc2C)sc1C#CCN. The van der Waals surface area contributed by atoms with Gasteiger partial charge in [-0.3, -0.25) is 9.48 Å². The quantitative estimate of drug-likeness (QED) is 0.825. The van der Waals surface area contributed by atoms with Crippen molar-refractivity contribution in [1.82, 2.24) is 9.78 Å². The van der Waals surface area contributed by atoms with Gasteiger partial charge in [-0.1, -0.05) is 11.8 Å². The van der Waals surface area contributed by atoms with E-state index in [0.29, 0.717) is 11.4 Å². The van der Waals surface area contributed by atoms with Crippen LogP contribution in [0.1, 0.15) is 25.8 Å². The Morgan fingerprint density at radius 2 is 2.30 bits per heavy atom. The lowest BCUT2D eigenvalue weighted by atomic mass is 10.2. The molecule has 5 nitrogen and oxygen atoms in total. The fourth-order valence-corrected chi connectivity index (χ4v) is 2.70. The molecule has 0 spiro atoms. The van der Waals surface area contributed by atoms with Crippen LogP contribution in [0.2, 0.25) is 0 Å². The highest BCUT2D eigenvalue weighted by Crippen LogP contribution is 2.22. The molecule has 0 atom stereocenters. The first-order valence-corrected chi connectivity index (χ1v) is 6.94. The second kappa shape index (κ2) is 5.90. The molecule has 104 valence electrons. The van der Waals surface area contributed by atoms with Crippen molar-refractivity contribution in [3.05, 3.63) is 33.3 Å². The molecule has 2 rings (SSSR count). The van der Waals surface area contributed by atoms with Crippen molar-refractivity contribution in [3.8, 4) is 11.8 Å². The number of anilines is 1. The van der Waals surface area contributed by atoms with Gasteiger partial charge in [-0.2, -0.15) is 5.10 Å². The molecule has 6 heteroatoms. The summed E-state index contributed by atoms with van der Waals surface area (Å²) in [6.07, 6.45) is 1.78. The summed E-state index contributed by atoms with van der Waals surface area (Å²) < 4.78 is 1.67. The number of nitrogens with two attached hydrogens (primary N) is 1. The van der Waals surface area contributed by atoms with Crippen LogP contribution in [0.15, 0.2) is 12.3 Å². The van der Waals surface area contributed by atoms with E-state index in [1.165, 1.54) is 11.3 Å². The van der Waals surface area contributed by atoms with Gasteiger partial charge >= 0.3 is 0 Å². The number of carbonyl (C=O) groups excluding carboxylic acids is 1. The van der Waals surface area contributed by atoms with Crippen LogP contribution < -0.4 is 11.1 Å². The van der Waals surface area contributed by atoms with E-state index in [2.05, 4.69) is 22.3 Å². The number of aromatic nitrogens is 2. The molecular formula is C14H16N4OS. The Bertz CT molecular complexity index is 703. The third-order valence-electron chi connectivity index (χ3n) is 2.71. The number of hydrogen-bond donors (Lipinski definition) is 2. The molecule has 1 amide bonds. The summed E-state index contributed by atoms with van der Waals surface area (Å²) in [6, 6.07) is 1.84. The van der Waals surface area contributed by atoms with Crippen molar-refractivity contribution in [2.24, 2.45) is 12.8 Å². The highest BCUT2D eigenvalue weighted by atomic mass is 32.1. The van der Waals surface area contributed by atoms with Crippen LogP contribution in [0.25, 0.3) is 0 Å². The van der Waals surface area contributed by atoms with Gasteiger partial charge in [-0.05, 0) is 25.5 Å². The van der Waals surface area contributed by atoms with Crippen LogP contribution in [0.5, 0.6) is 0 Å². The van der Waals surface area contributed by atoms with E-state index < -0.39 is 0 Å². The maximum atomic E-state index is 12.2. The highest BCUT2D eigenvalue weighted by Gasteiger charge is 2.13. The average molecular weight is 288 g/mol. The number of rotatable bonds is 2. The van der Waals surface area contributed by atoms with Crippen molar-refractivity contribution in [3.63, 3.8) is 0 Å². The first kappa shape index (κ1) is 14.3. The standard InChI is InChI=1S/C14H16N4OS/c1-9-7-13(20-12(9)5-4-6-15)14(19)16-11-8-18(3)17-10(11)2/h7-8H,6,15H2,1-3H3,(H,16,19). The van der Waals surface area contributed by atoms with Gasteiger partial charge in [0.1, 0.15) is 0 Å². The van der Waals surface area contributed by atoms with E-state index in [4.69, 9.17) is 5.73 Å². The normalized spacial score (nSPS) is 10.0. The number of amides is 1. The summed E-state index contributed by atoms with van der Waals surface area (Å²) in [5.74, 6) is 5.63. The molecule has 0 aliphatic carbocycles. The van der Waals surface area contributed by atoms with Gasteiger partial charge in [-0.15, -0.1) is 11.3 Å². The zero-order valence-electron chi connectivity index (χ0n) is 11.7. The molecule has 0 fully saturated rings. The third kappa shape index (κ3) is 3.07. The van der Waals surface area contributed by atoms with Crippen molar-refractivity contribution >= 4 is 22.9 Å². The number of nitrogens with zero attached hydrogens (tertiary/aromatic N) is 2. The Morgan fingerprint density at radius 3 is 2.90 bits per heavy atom. The van der Waals surface area contributed by atoms with Crippen LogP contribution in [0, 0.1) is 25.7 Å². The zero-order valence-corrected chi connectivity index (χ0v) is 12.5. The fraction of sp³-hybridized carbons (Fsp3) is 0.286. The van der Waals surface area contributed by atoms with E-state index in [9.17, 15) is 4.79 Å². The maximum absolute atomic E-state index is 12.2. The summed E-state index contributed by atoms with van der Waals surface area (Å²) in [7, 11) is 1.82. The molecule has 2 aromatic rings. The molecule has 3 N–H and O–H groups in total. The Balaban J connectivity index is 2.19. The van der Waals surface area contributed by atoms with Gasteiger partial charge in [0.2, 0.25) is 0 Å². The first-order chi connectivity index (χ1) is 9.51. The minimum Gasteiger partial charge on any atom is -0.320 e.